The van der Waals surface area contributed by atoms with Gasteiger partial charge in [-0.05, 0) is 42.5 Å². The van der Waals surface area contributed by atoms with Gasteiger partial charge in [-0.2, -0.15) is 0 Å². The average molecular weight is 529 g/mol. The second-order valence-electron chi connectivity index (χ2n) is 7.62. The lowest BCUT2D eigenvalue weighted by molar-refractivity contribution is 0.0939. The molecule has 0 saturated carbocycles. The Hall–Kier alpha value is -1.61. The number of amides is 1. The van der Waals surface area contributed by atoms with Gasteiger partial charge in [-0.3, -0.25) is 9.79 Å². The van der Waals surface area contributed by atoms with Gasteiger partial charge < -0.3 is 16.0 Å². The van der Waals surface area contributed by atoms with Gasteiger partial charge in [0, 0.05) is 42.0 Å². The van der Waals surface area contributed by atoms with Crippen molar-refractivity contribution in [3.8, 4) is 0 Å². The van der Waals surface area contributed by atoms with Gasteiger partial charge in [0.25, 0.3) is 5.91 Å². The molecule has 0 bridgehead atoms. The molecule has 1 amide bonds. The highest BCUT2D eigenvalue weighted by Gasteiger charge is 2.21. The van der Waals surface area contributed by atoms with Crippen LogP contribution >= 0.6 is 35.3 Å². The van der Waals surface area contributed by atoms with Gasteiger partial charge >= 0.3 is 0 Å². The molecule has 160 valence electrons. The van der Waals surface area contributed by atoms with Crippen molar-refractivity contribution in [3.05, 3.63) is 57.8 Å². The fraction of sp³-hybridized carbons (Fsp3) is 0.455. The van der Waals surface area contributed by atoms with E-state index in [1.165, 1.54) is 4.88 Å². The first-order valence-corrected chi connectivity index (χ1v) is 10.6. The maximum Gasteiger partial charge on any atom is 0.251 e. The minimum atomic E-state index is -0.0311. The van der Waals surface area contributed by atoms with E-state index in [-0.39, 0.29) is 41.3 Å². The number of hydrogen-bond donors (Lipinski definition) is 3. The lowest BCUT2D eigenvalue weighted by Gasteiger charge is -2.25. The predicted octanol–water partition coefficient (Wildman–Crippen LogP) is 4.54. The summed E-state index contributed by atoms with van der Waals surface area (Å²) in [7, 11) is 1.77. The Balaban J connectivity index is 0.00000420. The summed E-state index contributed by atoms with van der Waals surface area (Å²) in [5, 5.41) is 11.8. The van der Waals surface area contributed by atoms with Crippen LogP contribution in [-0.4, -0.2) is 31.5 Å². The van der Waals surface area contributed by atoms with Gasteiger partial charge in [-0.1, -0.05) is 39.0 Å². The lowest BCUT2D eigenvalue weighted by Crippen LogP contribution is -2.43. The Bertz CT molecular complexity index is 790. The third kappa shape index (κ3) is 7.97. The summed E-state index contributed by atoms with van der Waals surface area (Å²) in [6.07, 6.45) is 0.913. The molecule has 29 heavy (non-hydrogen) atoms. The van der Waals surface area contributed by atoms with Gasteiger partial charge in [0.1, 0.15) is 0 Å². The van der Waals surface area contributed by atoms with Crippen LogP contribution in [0, 0.1) is 0 Å². The summed E-state index contributed by atoms with van der Waals surface area (Å²) in [4.78, 5) is 18.0. The van der Waals surface area contributed by atoms with Crippen LogP contribution in [0.5, 0.6) is 0 Å². The van der Waals surface area contributed by atoms with Crippen molar-refractivity contribution in [3.63, 3.8) is 0 Å². The van der Waals surface area contributed by atoms with Crippen LogP contribution in [0.2, 0.25) is 0 Å². The first kappa shape index (κ1) is 25.4. The van der Waals surface area contributed by atoms with Crippen LogP contribution in [0.15, 0.2) is 46.8 Å². The molecular formula is C22H33IN4OS. The van der Waals surface area contributed by atoms with E-state index in [1.807, 2.05) is 31.2 Å². The van der Waals surface area contributed by atoms with Crippen molar-refractivity contribution in [2.75, 3.05) is 13.6 Å². The first-order chi connectivity index (χ1) is 13.4. The summed E-state index contributed by atoms with van der Waals surface area (Å²) in [5.74, 6) is 0.718. The normalized spacial score (nSPS) is 12.7. The molecule has 5 nitrogen and oxygen atoms in total. The number of hydrogen-bond acceptors (Lipinski definition) is 3. The van der Waals surface area contributed by atoms with E-state index >= 15 is 0 Å². The molecule has 1 atom stereocenters. The first-order valence-electron chi connectivity index (χ1n) is 9.74. The van der Waals surface area contributed by atoms with Crippen molar-refractivity contribution in [1.29, 1.82) is 0 Å². The second kappa shape index (κ2) is 12.2. The third-order valence-corrected chi connectivity index (χ3v) is 5.98. The van der Waals surface area contributed by atoms with Crippen molar-refractivity contribution in [1.82, 2.24) is 16.0 Å². The van der Waals surface area contributed by atoms with E-state index < -0.39 is 0 Å². The highest BCUT2D eigenvalue weighted by molar-refractivity contribution is 14.0. The number of nitrogens with zero attached hydrogens (tertiary/aromatic N) is 1. The van der Waals surface area contributed by atoms with Gasteiger partial charge in [0.05, 0.1) is 0 Å². The van der Waals surface area contributed by atoms with E-state index in [9.17, 15) is 4.79 Å². The predicted molar refractivity (Wildman–Crippen MR) is 135 cm³/mol. The molecule has 1 heterocycles. The molecular weight excluding hydrogens is 495 g/mol. The number of guanidine groups is 1. The van der Waals surface area contributed by atoms with Crippen molar-refractivity contribution < 1.29 is 4.79 Å². The molecule has 0 aliphatic heterocycles. The Morgan fingerprint density at radius 2 is 1.97 bits per heavy atom. The molecule has 0 aliphatic rings. The summed E-state index contributed by atoms with van der Waals surface area (Å²) >= 11 is 1.77. The third-order valence-electron chi connectivity index (χ3n) is 4.75. The topological polar surface area (TPSA) is 65.5 Å². The zero-order chi connectivity index (χ0) is 20.6. The molecule has 0 aliphatic carbocycles. The average Bonchev–Trinajstić information content (AvgIpc) is 3.24. The number of nitrogens with one attached hydrogen (secondary N) is 3. The Kier molecular flexibility index (Phi) is 10.7. The summed E-state index contributed by atoms with van der Waals surface area (Å²) < 4.78 is 0. The molecule has 7 heteroatoms. The van der Waals surface area contributed by atoms with Crippen molar-refractivity contribution in [2.24, 2.45) is 4.99 Å². The second-order valence-corrected chi connectivity index (χ2v) is 8.57. The highest BCUT2D eigenvalue weighted by atomic mass is 127. The number of aliphatic imine (C=N–C) groups is 1. The summed E-state index contributed by atoms with van der Waals surface area (Å²) in [6.45, 7) is 9.89. The van der Waals surface area contributed by atoms with Crippen LogP contribution in [-0.2, 0) is 12.0 Å². The van der Waals surface area contributed by atoms with E-state index in [0.717, 1.165) is 24.5 Å². The molecule has 1 aromatic heterocycles. The summed E-state index contributed by atoms with van der Waals surface area (Å²) in [6, 6.07) is 12.1. The summed E-state index contributed by atoms with van der Waals surface area (Å²) in [5.41, 5.74) is 1.75. The molecule has 2 aromatic rings. The van der Waals surface area contributed by atoms with Gasteiger partial charge in [-0.25, -0.2) is 0 Å². The monoisotopic (exact) mass is 528 g/mol. The fourth-order valence-corrected chi connectivity index (χ4v) is 3.55. The van der Waals surface area contributed by atoms with E-state index in [1.54, 1.807) is 18.4 Å². The van der Waals surface area contributed by atoms with Crippen LogP contribution < -0.4 is 16.0 Å². The number of benzene rings is 1. The molecule has 1 aromatic carbocycles. The Morgan fingerprint density at radius 3 is 2.59 bits per heavy atom. The number of carbonyl (C=O) groups excluding carboxylic acids is 1. The smallest absolute Gasteiger partial charge is 0.251 e. The van der Waals surface area contributed by atoms with Crippen LogP contribution in [0.1, 0.15) is 54.9 Å². The minimum absolute atomic E-state index is 0. The van der Waals surface area contributed by atoms with Crippen molar-refractivity contribution in [2.45, 2.75) is 52.1 Å². The number of carbonyl (C=O) groups is 1. The number of rotatable bonds is 8. The number of halogens is 1. The SMILES string of the molecule is CCC(C)NC(=O)c1cccc(CNC(=NC)NCC(C)(C)c2cccs2)c1.I. The lowest BCUT2D eigenvalue weighted by atomic mass is 9.91. The molecule has 0 radical (unpaired) electrons. The molecule has 0 fully saturated rings. The Labute approximate surface area is 195 Å². The van der Waals surface area contributed by atoms with E-state index in [4.69, 9.17) is 0 Å². The molecule has 2 rings (SSSR count). The Morgan fingerprint density at radius 1 is 1.21 bits per heavy atom. The fourth-order valence-electron chi connectivity index (χ4n) is 2.69. The maximum atomic E-state index is 12.3. The standard InChI is InChI=1S/C22H32N4OS.HI/c1-6-16(2)26-20(27)18-10-7-9-17(13-18)14-24-21(23-5)25-15-22(3,4)19-11-8-12-28-19;/h7-13,16H,6,14-15H2,1-5H3,(H,26,27)(H2,23,24,25);1H. The molecule has 1 unspecified atom stereocenters. The van der Waals surface area contributed by atoms with Crippen LogP contribution in [0.3, 0.4) is 0 Å². The van der Waals surface area contributed by atoms with Gasteiger partial charge in [-0.15, -0.1) is 35.3 Å². The molecule has 3 N–H and O–H groups in total. The molecule has 0 saturated heterocycles. The molecule has 0 spiro atoms. The van der Waals surface area contributed by atoms with Crippen molar-refractivity contribution >= 4 is 47.2 Å². The highest BCUT2D eigenvalue weighted by Crippen LogP contribution is 2.26. The van der Waals surface area contributed by atoms with E-state index in [0.29, 0.717) is 12.1 Å². The van der Waals surface area contributed by atoms with Crippen LogP contribution in [0.4, 0.5) is 0 Å². The van der Waals surface area contributed by atoms with Crippen LogP contribution in [0.25, 0.3) is 0 Å². The van der Waals surface area contributed by atoms with E-state index in [2.05, 4.69) is 59.2 Å². The zero-order valence-electron chi connectivity index (χ0n) is 17.9. The van der Waals surface area contributed by atoms with Gasteiger partial charge in [0.2, 0.25) is 0 Å². The largest absolute Gasteiger partial charge is 0.356 e. The van der Waals surface area contributed by atoms with Gasteiger partial charge in [0.15, 0.2) is 5.96 Å². The maximum absolute atomic E-state index is 12.3. The quantitative estimate of drug-likeness (QED) is 0.268. The zero-order valence-corrected chi connectivity index (χ0v) is 21.1. The minimum Gasteiger partial charge on any atom is -0.356 e. The number of thiophene rings is 1.